The number of ether oxygens (including phenoxy) is 1. The van der Waals surface area contributed by atoms with Crippen LogP contribution in [-0.4, -0.2) is 29.7 Å². The van der Waals surface area contributed by atoms with E-state index >= 15 is 0 Å². The molecule has 1 aliphatic rings. The van der Waals surface area contributed by atoms with E-state index in [0.717, 1.165) is 23.2 Å². The Labute approximate surface area is 218 Å². The average molecular weight is 526 g/mol. The van der Waals surface area contributed by atoms with E-state index in [1.807, 2.05) is 30.3 Å². The lowest BCUT2D eigenvalue weighted by molar-refractivity contribution is -0.274. The van der Waals surface area contributed by atoms with Gasteiger partial charge in [-0.05, 0) is 73.9 Å². The van der Waals surface area contributed by atoms with Crippen molar-refractivity contribution < 1.29 is 17.9 Å². The molecule has 0 amide bonds. The maximum atomic E-state index is 12.2. The van der Waals surface area contributed by atoms with Crippen LogP contribution in [0.1, 0.15) is 34.6 Å². The van der Waals surface area contributed by atoms with Crippen LogP contribution in [0.3, 0.4) is 0 Å². The molecule has 37 heavy (non-hydrogen) atoms. The number of hydrogen-bond donors (Lipinski definition) is 3. The number of thiocarbonyl (C=S) groups is 1. The van der Waals surface area contributed by atoms with Crippen LogP contribution in [0.15, 0.2) is 76.7 Å². The number of aliphatic imine (C=N–C) groups is 2. The van der Waals surface area contributed by atoms with E-state index in [1.165, 1.54) is 41.7 Å². The predicted molar refractivity (Wildman–Crippen MR) is 145 cm³/mol. The molecule has 0 saturated heterocycles. The van der Waals surface area contributed by atoms with Gasteiger partial charge in [0.15, 0.2) is 5.11 Å². The Morgan fingerprint density at radius 2 is 1.76 bits per heavy atom. The predicted octanol–water partition coefficient (Wildman–Crippen LogP) is 6.11. The molecule has 0 aliphatic heterocycles. The fourth-order valence-electron chi connectivity index (χ4n) is 3.87. The molecule has 0 aromatic heterocycles. The highest BCUT2D eigenvalue weighted by molar-refractivity contribution is 7.80. The third kappa shape index (κ3) is 7.53. The van der Waals surface area contributed by atoms with Crippen molar-refractivity contribution in [1.82, 2.24) is 5.32 Å². The number of benzene rings is 3. The molecule has 4 N–H and O–H groups in total. The van der Waals surface area contributed by atoms with E-state index in [2.05, 4.69) is 51.3 Å². The van der Waals surface area contributed by atoms with Crippen molar-refractivity contribution in [2.75, 3.05) is 5.32 Å². The Hall–Kier alpha value is -3.92. The highest BCUT2D eigenvalue weighted by Gasteiger charge is 2.38. The van der Waals surface area contributed by atoms with Crippen LogP contribution in [0.2, 0.25) is 0 Å². The minimum atomic E-state index is -4.74. The van der Waals surface area contributed by atoms with Gasteiger partial charge in [0, 0.05) is 23.2 Å². The second kappa shape index (κ2) is 11.0. The molecule has 1 saturated carbocycles. The standard InChI is InChI=1S/C27H26F3N5OS/c1-16-3-12-23(17(2)13-16)34-26(37)35-24-14-22(24)18-4-6-19(7-5-18)25(31)33-15-32-20-8-10-21(11-9-20)36-27(28,29)30/h3-13,15,22,24H,14H2,1-2H3,(H2,31,32,33)(H2,34,35,37). The minimum absolute atomic E-state index is 0.266. The molecule has 2 atom stereocenters. The molecule has 2 unspecified atom stereocenters. The van der Waals surface area contributed by atoms with E-state index in [1.54, 1.807) is 0 Å². The van der Waals surface area contributed by atoms with Gasteiger partial charge in [-0.15, -0.1) is 13.2 Å². The molecule has 0 spiro atoms. The van der Waals surface area contributed by atoms with Crippen LogP contribution in [0.4, 0.5) is 24.5 Å². The van der Waals surface area contributed by atoms with Gasteiger partial charge in [0.2, 0.25) is 0 Å². The van der Waals surface area contributed by atoms with Crippen molar-refractivity contribution in [3.05, 3.63) is 89.0 Å². The van der Waals surface area contributed by atoms with Crippen LogP contribution in [0, 0.1) is 13.8 Å². The third-order valence-electron chi connectivity index (χ3n) is 5.85. The van der Waals surface area contributed by atoms with Crippen molar-refractivity contribution in [3.8, 4) is 5.75 Å². The number of rotatable bonds is 7. The summed E-state index contributed by atoms with van der Waals surface area (Å²) < 4.78 is 40.5. The number of nitrogens with two attached hydrogens (primary N) is 1. The van der Waals surface area contributed by atoms with Crippen molar-refractivity contribution in [1.29, 1.82) is 0 Å². The van der Waals surface area contributed by atoms with Crippen LogP contribution < -0.4 is 21.1 Å². The summed E-state index contributed by atoms with van der Waals surface area (Å²) in [5.41, 5.74) is 11.7. The molecule has 4 rings (SSSR count). The van der Waals surface area contributed by atoms with Crippen molar-refractivity contribution in [3.63, 3.8) is 0 Å². The lowest BCUT2D eigenvalue weighted by atomic mass is 10.1. The van der Waals surface area contributed by atoms with Gasteiger partial charge in [0.25, 0.3) is 0 Å². The largest absolute Gasteiger partial charge is 0.573 e. The number of amidine groups is 1. The second-order valence-corrected chi connectivity index (χ2v) is 9.20. The number of nitrogens with one attached hydrogen (secondary N) is 2. The van der Waals surface area contributed by atoms with E-state index in [4.69, 9.17) is 18.0 Å². The van der Waals surface area contributed by atoms with Crippen LogP contribution in [0.25, 0.3) is 0 Å². The van der Waals surface area contributed by atoms with Gasteiger partial charge in [-0.25, -0.2) is 9.98 Å². The van der Waals surface area contributed by atoms with Crippen LogP contribution in [0.5, 0.6) is 5.75 Å². The molecule has 192 valence electrons. The quantitative estimate of drug-likeness (QED) is 0.197. The van der Waals surface area contributed by atoms with Crippen molar-refractivity contribution in [2.45, 2.75) is 38.6 Å². The van der Waals surface area contributed by atoms with Gasteiger partial charge < -0.3 is 21.1 Å². The fraction of sp³-hybridized carbons (Fsp3) is 0.222. The minimum Gasteiger partial charge on any atom is -0.406 e. The van der Waals surface area contributed by atoms with E-state index in [0.29, 0.717) is 16.7 Å². The van der Waals surface area contributed by atoms with Gasteiger partial charge in [0.05, 0.1) is 5.69 Å². The number of hydrogen-bond acceptors (Lipinski definition) is 3. The Morgan fingerprint density at radius 1 is 1.05 bits per heavy atom. The van der Waals surface area contributed by atoms with Crippen LogP contribution in [-0.2, 0) is 0 Å². The van der Waals surface area contributed by atoms with Gasteiger partial charge in [-0.2, -0.15) is 0 Å². The van der Waals surface area contributed by atoms with Crippen molar-refractivity contribution >= 4 is 40.9 Å². The summed E-state index contributed by atoms with van der Waals surface area (Å²) in [6, 6.07) is 19.4. The average Bonchev–Trinajstić information content (AvgIpc) is 3.60. The molecule has 0 bridgehead atoms. The zero-order chi connectivity index (χ0) is 26.6. The van der Waals surface area contributed by atoms with E-state index in [-0.39, 0.29) is 17.6 Å². The summed E-state index contributed by atoms with van der Waals surface area (Å²) in [6.45, 7) is 4.11. The molecular weight excluding hydrogens is 499 g/mol. The Morgan fingerprint density at radius 3 is 2.41 bits per heavy atom. The molecule has 0 heterocycles. The number of halogens is 3. The van der Waals surface area contributed by atoms with Gasteiger partial charge in [-0.3, -0.25) is 0 Å². The van der Waals surface area contributed by atoms with Crippen LogP contribution >= 0.6 is 12.2 Å². The van der Waals surface area contributed by atoms with Gasteiger partial charge in [0.1, 0.15) is 17.9 Å². The topological polar surface area (TPSA) is 84.0 Å². The second-order valence-electron chi connectivity index (χ2n) is 8.79. The zero-order valence-electron chi connectivity index (χ0n) is 20.2. The summed E-state index contributed by atoms with van der Waals surface area (Å²) >= 11 is 5.49. The summed E-state index contributed by atoms with van der Waals surface area (Å²) in [5, 5.41) is 7.26. The molecule has 10 heteroatoms. The Kier molecular flexibility index (Phi) is 7.77. The van der Waals surface area contributed by atoms with Gasteiger partial charge in [-0.1, -0.05) is 42.0 Å². The molecule has 1 aliphatic carbocycles. The number of nitrogens with zero attached hydrogens (tertiary/aromatic N) is 2. The fourth-order valence-corrected chi connectivity index (χ4v) is 4.13. The number of anilines is 1. The maximum absolute atomic E-state index is 12.2. The summed E-state index contributed by atoms with van der Waals surface area (Å²) in [6.07, 6.45) is -2.49. The maximum Gasteiger partial charge on any atom is 0.573 e. The summed E-state index contributed by atoms with van der Waals surface area (Å²) in [7, 11) is 0. The van der Waals surface area contributed by atoms with E-state index < -0.39 is 6.36 Å². The number of aryl methyl sites for hydroxylation is 2. The lowest BCUT2D eigenvalue weighted by Crippen LogP contribution is -2.31. The van der Waals surface area contributed by atoms with Crippen molar-refractivity contribution in [2.24, 2.45) is 15.7 Å². The third-order valence-corrected chi connectivity index (χ3v) is 6.07. The smallest absolute Gasteiger partial charge is 0.406 e. The number of alkyl halides is 3. The zero-order valence-corrected chi connectivity index (χ0v) is 21.0. The molecule has 3 aromatic rings. The lowest BCUT2D eigenvalue weighted by Gasteiger charge is -2.13. The van der Waals surface area contributed by atoms with Gasteiger partial charge >= 0.3 is 6.36 Å². The molecule has 0 radical (unpaired) electrons. The molecule has 3 aromatic carbocycles. The highest BCUT2D eigenvalue weighted by Crippen LogP contribution is 2.40. The first kappa shape index (κ1) is 26.2. The summed E-state index contributed by atoms with van der Waals surface area (Å²) in [4.78, 5) is 8.21. The molecular formula is C27H26F3N5OS. The first-order valence-corrected chi connectivity index (χ1v) is 11.9. The Bertz CT molecular complexity index is 1320. The first-order valence-electron chi connectivity index (χ1n) is 11.5. The van der Waals surface area contributed by atoms with E-state index in [9.17, 15) is 13.2 Å². The summed E-state index contributed by atoms with van der Waals surface area (Å²) in [5.74, 6) is 0.315. The first-order chi connectivity index (χ1) is 17.6. The molecule has 6 nitrogen and oxygen atoms in total. The Balaban J connectivity index is 1.28. The normalized spacial score (nSPS) is 17.5. The SMILES string of the molecule is Cc1ccc(NC(=S)NC2CC2c2ccc(C(N)=NC=Nc3ccc(OC(F)(F)F)cc3)cc2)c(C)c1. The monoisotopic (exact) mass is 525 g/mol. The molecule has 1 fully saturated rings. The highest BCUT2D eigenvalue weighted by atomic mass is 32.1.